The second kappa shape index (κ2) is 6.87. The number of para-hydroxylation sites is 1. The van der Waals surface area contributed by atoms with E-state index in [2.05, 4.69) is 20.6 Å². The third-order valence-electron chi connectivity index (χ3n) is 3.48. The summed E-state index contributed by atoms with van der Waals surface area (Å²) in [7, 11) is 0. The molecule has 0 radical (unpaired) electrons. The van der Waals surface area contributed by atoms with Crippen molar-refractivity contribution in [2.45, 2.75) is 6.18 Å². The van der Waals surface area contributed by atoms with E-state index in [9.17, 15) is 17.6 Å². The molecule has 1 aromatic heterocycles. The molecule has 0 saturated carbocycles. The molecular formula is C17H13F4N5. The van der Waals surface area contributed by atoms with Gasteiger partial charge in [-0.2, -0.15) is 13.2 Å². The van der Waals surface area contributed by atoms with Crippen molar-refractivity contribution in [3.8, 4) is 0 Å². The van der Waals surface area contributed by atoms with Crippen LogP contribution in [0.4, 0.5) is 46.3 Å². The Morgan fingerprint density at radius 2 is 1.46 bits per heavy atom. The lowest BCUT2D eigenvalue weighted by Gasteiger charge is -2.16. The predicted octanol–water partition coefficient (Wildman–Crippen LogP) is 4.70. The van der Waals surface area contributed by atoms with E-state index in [4.69, 9.17) is 5.73 Å². The lowest BCUT2D eigenvalue weighted by atomic mass is 10.1. The minimum Gasteiger partial charge on any atom is -0.393 e. The molecule has 134 valence electrons. The van der Waals surface area contributed by atoms with Gasteiger partial charge in [-0.3, -0.25) is 0 Å². The first-order valence-electron chi connectivity index (χ1n) is 7.41. The monoisotopic (exact) mass is 363 g/mol. The summed E-state index contributed by atoms with van der Waals surface area (Å²) in [4.78, 5) is 7.86. The second-order valence-electron chi connectivity index (χ2n) is 5.28. The van der Waals surface area contributed by atoms with Crippen LogP contribution in [0.2, 0.25) is 0 Å². The summed E-state index contributed by atoms with van der Waals surface area (Å²) in [5, 5.41) is 5.45. The van der Waals surface area contributed by atoms with Crippen LogP contribution < -0.4 is 16.4 Å². The van der Waals surface area contributed by atoms with Crippen LogP contribution in [0.3, 0.4) is 0 Å². The number of aromatic nitrogens is 2. The SMILES string of the molecule is Nc1c(Nc2ccc(F)cc2)ncnc1Nc1ccccc1C(F)(F)F. The van der Waals surface area contributed by atoms with Crippen LogP contribution in [0.25, 0.3) is 0 Å². The number of nitrogens with two attached hydrogens (primary N) is 1. The normalized spacial score (nSPS) is 11.2. The number of anilines is 5. The summed E-state index contributed by atoms with van der Waals surface area (Å²) in [5.41, 5.74) is 5.47. The zero-order valence-electron chi connectivity index (χ0n) is 13.2. The minimum atomic E-state index is -4.53. The Hall–Kier alpha value is -3.36. The van der Waals surface area contributed by atoms with Crippen molar-refractivity contribution in [3.05, 3.63) is 66.2 Å². The predicted molar refractivity (Wildman–Crippen MR) is 90.9 cm³/mol. The van der Waals surface area contributed by atoms with Gasteiger partial charge in [-0.1, -0.05) is 12.1 Å². The molecule has 0 aliphatic rings. The topological polar surface area (TPSA) is 75.9 Å². The molecule has 1 heterocycles. The maximum atomic E-state index is 13.1. The lowest BCUT2D eigenvalue weighted by molar-refractivity contribution is -0.136. The van der Waals surface area contributed by atoms with E-state index >= 15 is 0 Å². The minimum absolute atomic E-state index is 0.0151. The van der Waals surface area contributed by atoms with E-state index < -0.39 is 17.6 Å². The van der Waals surface area contributed by atoms with Crippen molar-refractivity contribution in [1.82, 2.24) is 9.97 Å². The van der Waals surface area contributed by atoms with Crippen LogP contribution in [-0.4, -0.2) is 9.97 Å². The van der Waals surface area contributed by atoms with Crippen LogP contribution in [0.15, 0.2) is 54.9 Å². The van der Waals surface area contributed by atoms with Crippen LogP contribution in [0.1, 0.15) is 5.56 Å². The van der Waals surface area contributed by atoms with Crippen molar-refractivity contribution in [2.24, 2.45) is 0 Å². The Morgan fingerprint density at radius 1 is 0.846 bits per heavy atom. The van der Waals surface area contributed by atoms with E-state index in [1.54, 1.807) is 0 Å². The Bertz CT molecular complexity index is 910. The fourth-order valence-corrected chi connectivity index (χ4v) is 2.23. The molecular weight excluding hydrogens is 350 g/mol. The summed E-state index contributed by atoms with van der Waals surface area (Å²) in [6.45, 7) is 0. The van der Waals surface area contributed by atoms with E-state index in [1.165, 1.54) is 42.5 Å². The number of nitrogens with one attached hydrogen (secondary N) is 2. The Balaban J connectivity index is 1.90. The highest BCUT2D eigenvalue weighted by molar-refractivity contribution is 5.80. The number of halogens is 4. The summed E-state index contributed by atoms with van der Waals surface area (Å²) < 4.78 is 52.3. The maximum Gasteiger partial charge on any atom is 0.418 e. The fraction of sp³-hybridized carbons (Fsp3) is 0.0588. The fourth-order valence-electron chi connectivity index (χ4n) is 2.23. The molecule has 26 heavy (non-hydrogen) atoms. The van der Waals surface area contributed by atoms with Crippen LogP contribution in [0, 0.1) is 5.82 Å². The highest BCUT2D eigenvalue weighted by atomic mass is 19.4. The molecule has 0 atom stereocenters. The van der Waals surface area contributed by atoms with Crippen molar-refractivity contribution < 1.29 is 17.6 Å². The number of nitrogen functional groups attached to an aromatic ring is 1. The van der Waals surface area contributed by atoms with Gasteiger partial charge in [0.05, 0.1) is 11.3 Å². The van der Waals surface area contributed by atoms with Gasteiger partial charge < -0.3 is 16.4 Å². The molecule has 0 aliphatic carbocycles. The summed E-state index contributed by atoms with van der Waals surface area (Å²) in [5.74, 6) is -0.211. The number of benzene rings is 2. The van der Waals surface area contributed by atoms with Gasteiger partial charge in [0, 0.05) is 5.69 Å². The van der Waals surface area contributed by atoms with Crippen molar-refractivity contribution in [2.75, 3.05) is 16.4 Å². The first-order chi connectivity index (χ1) is 12.3. The van der Waals surface area contributed by atoms with Gasteiger partial charge in [0.2, 0.25) is 0 Å². The summed E-state index contributed by atoms with van der Waals surface area (Å²) in [6, 6.07) is 10.4. The van der Waals surface area contributed by atoms with Crippen LogP contribution in [0.5, 0.6) is 0 Å². The van der Waals surface area contributed by atoms with Crippen LogP contribution >= 0.6 is 0 Å². The van der Waals surface area contributed by atoms with Gasteiger partial charge in [-0.05, 0) is 36.4 Å². The van der Waals surface area contributed by atoms with E-state index in [0.717, 1.165) is 12.4 Å². The Labute approximate surface area is 145 Å². The molecule has 0 fully saturated rings. The molecule has 0 amide bonds. The van der Waals surface area contributed by atoms with E-state index in [-0.39, 0.29) is 23.0 Å². The summed E-state index contributed by atoms with van der Waals surface area (Å²) in [6.07, 6.45) is -3.37. The molecule has 3 aromatic rings. The number of hydrogen-bond donors (Lipinski definition) is 3. The molecule has 0 aliphatic heterocycles. The number of rotatable bonds is 4. The van der Waals surface area contributed by atoms with Crippen LogP contribution in [-0.2, 0) is 6.18 Å². The number of hydrogen-bond acceptors (Lipinski definition) is 5. The number of alkyl halides is 3. The Kier molecular flexibility index (Phi) is 4.61. The molecule has 4 N–H and O–H groups in total. The molecule has 0 bridgehead atoms. The van der Waals surface area contributed by atoms with Gasteiger partial charge in [-0.15, -0.1) is 0 Å². The van der Waals surface area contributed by atoms with E-state index in [0.29, 0.717) is 5.69 Å². The Morgan fingerprint density at radius 3 is 2.12 bits per heavy atom. The van der Waals surface area contributed by atoms with Gasteiger partial charge in [0.1, 0.15) is 17.8 Å². The molecule has 5 nitrogen and oxygen atoms in total. The standard InChI is InChI=1S/C17H13F4N5/c18-10-5-7-11(8-6-10)25-15-14(22)16(24-9-23-15)26-13-4-2-1-3-12(13)17(19,20)21/h1-9H,22H2,(H2,23,24,25,26). The number of nitrogens with zero attached hydrogens (tertiary/aromatic N) is 2. The first kappa shape index (κ1) is 17.5. The largest absolute Gasteiger partial charge is 0.418 e. The zero-order chi connectivity index (χ0) is 18.7. The average Bonchev–Trinajstić information content (AvgIpc) is 2.60. The smallest absolute Gasteiger partial charge is 0.393 e. The van der Waals surface area contributed by atoms with Gasteiger partial charge in [0.15, 0.2) is 11.6 Å². The van der Waals surface area contributed by atoms with Crippen molar-refractivity contribution >= 4 is 28.7 Å². The molecule has 0 saturated heterocycles. The maximum absolute atomic E-state index is 13.1. The average molecular weight is 363 g/mol. The van der Waals surface area contributed by atoms with Crippen molar-refractivity contribution in [3.63, 3.8) is 0 Å². The van der Waals surface area contributed by atoms with Gasteiger partial charge in [-0.25, -0.2) is 14.4 Å². The zero-order valence-corrected chi connectivity index (χ0v) is 13.2. The third-order valence-corrected chi connectivity index (χ3v) is 3.48. The lowest BCUT2D eigenvalue weighted by Crippen LogP contribution is -2.10. The van der Waals surface area contributed by atoms with Gasteiger partial charge in [0.25, 0.3) is 0 Å². The highest BCUT2D eigenvalue weighted by Gasteiger charge is 2.33. The molecule has 2 aromatic carbocycles. The highest BCUT2D eigenvalue weighted by Crippen LogP contribution is 2.37. The molecule has 3 rings (SSSR count). The van der Waals surface area contributed by atoms with E-state index in [1.807, 2.05) is 0 Å². The van der Waals surface area contributed by atoms with Crippen molar-refractivity contribution in [1.29, 1.82) is 0 Å². The molecule has 0 unspecified atom stereocenters. The van der Waals surface area contributed by atoms with Gasteiger partial charge >= 0.3 is 6.18 Å². The molecule has 0 spiro atoms. The quantitative estimate of drug-likeness (QED) is 0.586. The summed E-state index contributed by atoms with van der Waals surface area (Å²) >= 11 is 0. The molecule has 9 heteroatoms. The second-order valence-corrected chi connectivity index (χ2v) is 5.28. The third kappa shape index (κ3) is 3.82. The first-order valence-corrected chi connectivity index (χ1v) is 7.41.